The quantitative estimate of drug-likeness (QED) is 0.498. The molecule has 0 aliphatic heterocycles. The van der Waals surface area contributed by atoms with Crippen molar-refractivity contribution >= 4 is 23.7 Å². The average molecular weight is 311 g/mol. The minimum absolute atomic E-state index is 0.0493. The number of nitrogens with one attached hydrogen (secondary N) is 2. The number of hydrogen-bond donors (Lipinski definition) is 2. The third-order valence-corrected chi connectivity index (χ3v) is 4.51. The minimum atomic E-state index is -0.242. The molecule has 2 bridgehead atoms. The number of nitrogens with zero attached hydrogens (tertiary/aromatic N) is 1. The van der Waals surface area contributed by atoms with Crippen LogP contribution >= 0.6 is 0 Å². The number of hydrazone groups is 1. The lowest BCUT2D eigenvalue weighted by atomic mass is 9.95. The van der Waals surface area contributed by atoms with Crippen LogP contribution in [-0.2, 0) is 4.79 Å². The van der Waals surface area contributed by atoms with Crippen molar-refractivity contribution in [3.63, 3.8) is 0 Å². The van der Waals surface area contributed by atoms with E-state index in [9.17, 15) is 9.59 Å². The second-order valence-corrected chi connectivity index (χ2v) is 6.14. The first kappa shape index (κ1) is 15.5. The molecule has 0 radical (unpaired) electrons. The SMILES string of the molecule is CCC(=O)Nc1ccc(C(=O)NN=C[C@H]2C[C@H]3C=C[C@H]2C3)cc1. The average Bonchev–Trinajstić information content (AvgIpc) is 3.18. The third-order valence-electron chi connectivity index (χ3n) is 4.51. The lowest BCUT2D eigenvalue weighted by molar-refractivity contribution is -0.115. The van der Waals surface area contributed by atoms with Crippen molar-refractivity contribution in [1.82, 2.24) is 5.43 Å². The molecule has 5 nitrogen and oxygen atoms in total. The van der Waals surface area contributed by atoms with E-state index < -0.39 is 0 Å². The summed E-state index contributed by atoms with van der Waals surface area (Å²) in [5.41, 5.74) is 3.78. The summed E-state index contributed by atoms with van der Waals surface area (Å²) in [7, 11) is 0. The minimum Gasteiger partial charge on any atom is -0.326 e. The summed E-state index contributed by atoms with van der Waals surface area (Å²) >= 11 is 0. The first-order valence-corrected chi connectivity index (χ1v) is 8.07. The van der Waals surface area contributed by atoms with Gasteiger partial charge < -0.3 is 5.32 Å². The fraction of sp³-hybridized carbons (Fsp3) is 0.389. The molecule has 0 aromatic heterocycles. The monoisotopic (exact) mass is 311 g/mol. The summed E-state index contributed by atoms with van der Waals surface area (Å²) < 4.78 is 0. The highest BCUT2D eigenvalue weighted by Crippen LogP contribution is 2.42. The Morgan fingerprint density at radius 3 is 2.61 bits per heavy atom. The molecule has 2 amide bonds. The Kier molecular flexibility index (Phi) is 4.55. The predicted octanol–water partition coefficient (Wildman–Crippen LogP) is 2.96. The molecule has 1 saturated carbocycles. The van der Waals surface area contributed by atoms with Gasteiger partial charge in [0.25, 0.3) is 5.91 Å². The van der Waals surface area contributed by atoms with E-state index in [1.165, 1.54) is 6.42 Å². The number of anilines is 1. The van der Waals surface area contributed by atoms with Gasteiger partial charge in [-0.05, 0) is 48.9 Å². The summed E-state index contributed by atoms with van der Waals surface area (Å²) in [5.74, 6) is 1.43. The number of fused-ring (bicyclic) bond motifs is 2. The number of amides is 2. The molecular weight excluding hydrogens is 290 g/mol. The van der Waals surface area contributed by atoms with Crippen LogP contribution in [0.5, 0.6) is 0 Å². The maximum absolute atomic E-state index is 12.0. The number of carbonyl (C=O) groups is 2. The maximum atomic E-state index is 12.0. The van der Waals surface area contributed by atoms with E-state index >= 15 is 0 Å². The van der Waals surface area contributed by atoms with Crippen LogP contribution < -0.4 is 10.7 Å². The van der Waals surface area contributed by atoms with Gasteiger partial charge in [0.2, 0.25) is 5.91 Å². The molecule has 1 fully saturated rings. The van der Waals surface area contributed by atoms with E-state index in [1.807, 2.05) is 6.21 Å². The Morgan fingerprint density at radius 2 is 2.00 bits per heavy atom. The Balaban J connectivity index is 1.52. The van der Waals surface area contributed by atoms with Crippen molar-refractivity contribution in [2.45, 2.75) is 26.2 Å². The van der Waals surface area contributed by atoms with Gasteiger partial charge in [0.05, 0.1) is 0 Å². The van der Waals surface area contributed by atoms with Gasteiger partial charge in [0, 0.05) is 29.8 Å². The molecule has 3 atom stereocenters. The molecule has 120 valence electrons. The van der Waals surface area contributed by atoms with Crippen LogP contribution in [0.1, 0.15) is 36.5 Å². The van der Waals surface area contributed by atoms with Crippen molar-refractivity contribution in [3.05, 3.63) is 42.0 Å². The predicted molar refractivity (Wildman–Crippen MR) is 90.2 cm³/mol. The van der Waals surface area contributed by atoms with E-state index in [1.54, 1.807) is 31.2 Å². The van der Waals surface area contributed by atoms with E-state index in [2.05, 4.69) is 28.0 Å². The number of hydrogen-bond acceptors (Lipinski definition) is 3. The van der Waals surface area contributed by atoms with Crippen LogP contribution in [0, 0.1) is 17.8 Å². The standard InChI is InChI=1S/C18H21N3O2/c1-2-17(22)20-16-7-5-13(6-8-16)18(23)21-19-11-15-10-12-3-4-14(15)9-12/h3-8,11-12,14-15H,2,9-10H2,1H3,(H,20,22)(H,21,23)/t12-,14-,15+/m0/s1. The molecule has 0 unspecified atom stereocenters. The lowest BCUT2D eigenvalue weighted by Crippen LogP contribution is -2.19. The lowest BCUT2D eigenvalue weighted by Gasteiger charge is -2.12. The van der Waals surface area contributed by atoms with Crippen LogP contribution in [0.25, 0.3) is 0 Å². The van der Waals surface area contributed by atoms with Gasteiger partial charge in [0.1, 0.15) is 0 Å². The molecule has 1 aromatic rings. The highest BCUT2D eigenvalue weighted by molar-refractivity contribution is 5.95. The van der Waals surface area contributed by atoms with Crippen LogP contribution in [0.15, 0.2) is 41.5 Å². The molecule has 2 aliphatic carbocycles. The molecule has 2 aliphatic rings. The molecule has 5 heteroatoms. The van der Waals surface area contributed by atoms with Crippen molar-refractivity contribution in [3.8, 4) is 0 Å². The normalized spacial score (nSPS) is 25.0. The second-order valence-electron chi connectivity index (χ2n) is 6.14. The van der Waals surface area contributed by atoms with Gasteiger partial charge in [-0.25, -0.2) is 5.43 Å². The highest BCUT2D eigenvalue weighted by atomic mass is 16.2. The number of allylic oxidation sites excluding steroid dienone is 2. The topological polar surface area (TPSA) is 70.6 Å². The molecule has 2 N–H and O–H groups in total. The summed E-state index contributed by atoms with van der Waals surface area (Å²) in [6.07, 6.45) is 9.18. The number of benzene rings is 1. The molecule has 1 aromatic carbocycles. The smallest absolute Gasteiger partial charge is 0.271 e. The number of rotatable bonds is 5. The first-order chi connectivity index (χ1) is 11.2. The molecular formula is C18H21N3O2. The molecule has 0 saturated heterocycles. The summed E-state index contributed by atoms with van der Waals surface area (Å²) in [6.45, 7) is 1.79. The molecule has 23 heavy (non-hydrogen) atoms. The van der Waals surface area contributed by atoms with Crippen LogP contribution in [0.4, 0.5) is 5.69 Å². The zero-order valence-corrected chi connectivity index (χ0v) is 13.2. The van der Waals surface area contributed by atoms with Gasteiger partial charge in [0.15, 0.2) is 0 Å². The summed E-state index contributed by atoms with van der Waals surface area (Å²) in [6, 6.07) is 6.78. The van der Waals surface area contributed by atoms with Gasteiger partial charge >= 0.3 is 0 Å². The molecule has 0 heterocycles. The first-order valence-electron chi connectivity index (χ1n) is 8.07. The molecule has 3 rings (SSSR count). The van der Waals surface area contributed by atoms with Gasteiger partial charge in [-0.15, -0.1) is 0 Å². The van der Waals surface area contributed by atoms with Crippen molar-refractivity contribution < 1.29 is 9.59 Å². The van der Waals surface area contributed by atoms with Crippen LogP contribution in [0.2, 0.25) is 0 Å². The van der Waals surface area contributed by atoms with Gasteiger partial charge in [-0.2, -0.15) is 5.10 Å². The van der Waals surface area contributed by atoms with Crippen LogP contribution in [0.3, 0.4) is 0 Å². The Morgan fingerprint density at radius 1 is 1.22 bits per heavy atom. The van der Waals surface area contributed by atoms with E-state index in [0.29, 0.717) is 35.4 Å². The zero-order chi connectivity index (χ0) is 16.2. The van der Waals surface area contributed by atoms with E-state index in [4.69, 9.17) is 0 Å². The number of carbonyl (C=O) groups excluding carboxylic acids is 2. The van der Waals surface area contributed by atoms with Gasteiger partial charge in [-0.3, -0.25) is 9.59 Å². The van der Waals surface area contributed by atoms with E-state index in [-0.39, 0.29) is 11.8 Å². The second kappa shape index (κ2) is 6.77. The Hall–Kier alpha value is -2.43. The van der Waals surface area contributed by atoms with Crippen LogP contribution in [-0.4, -0.2) is 18.0 Å². The zero-order valence-electron chi connectivity index (χ0n) is 13.2. The van der Waals surface area contributed by atoms with Gasteiger partial charge in [-0.1, -0.05) is 19.1 Å². The fourth-order valence-electron chi connectivity index (χ4n) is 3.21. The fourth-order valence-corrected chi connectivity index (χ4v) is 3.21. The van der Waals surface area contributed by atoms with Crippen molar-refractivity contribution in [2.75, 3.05) is 5.32 Å². The largest absolute Gasteiger partial charge is 0.326 e. The van der Waals surface area contributed by atoms with Crippen molar-refractivity contribution in [2.24, 2.45) is 22.9 Å². The Labute approximate surface area is 135 Å². The highest BCUT2D eigenvalue weighted by Gasteiger charge is 2.34. The van der Waals surface area contributed by atoms with Crippen molar-refractivity contribution in [1.29, 1.82) is 0 Å². The summed E-state index contributed by atoms with van der Waals surface area (Å²) in [5, 5.41) is 6.85. The summed E-state index contributed by atoms with van der Waals surface area (Å²) in [4.78, 5) is 23.3. The molecule has 0 spiro atoms. The maximum Gasteiger partial charge on any atom is 0.271 e. The van der Waals surface area contributed by atoms with E-state index in [0.717, 1.165) is 6.42 Å². The third kappa shape index (κ3) is 3.67. The Bertz CT molecular complexity index is 649.